The number of hydrogen-bond acceptors (Lipinski definition) is 4. The molecule has 0 fully saturated rings. The number of pyridine rings is 1. The molecule has 2 amide bonds. The first-order chi connectivity index (χ1) is 12.2. The molecule has 0 aliphatic heterocycles. The van der Waals surface area contributed by atoms with E-state index < -0.39 is 0 Å². The summed E-state index contributed by atoms with van der Waals surface area (Å²) in [6, 6.07) is 14.3. The molecule has 2 N–H and O–H groups in total. The van der Waals surface area contributed by atoms with Crippen LogP contribution in [0.3, 0.4) is 0 Å². The number of amides is 2. The van der Waals surface area contributed by atoms with Crippen LogP contribution in [0.2, 0.25) is 0 Å². The van der Waals surface area contributed by atoms with Crippen LogP contribution < -0.4 is 15.4 Å². The van der Waals surface area contributed by atoms with Crippen LogP contribution in [0.15, 0.2) is 60.9 Å². The van der Waals surface area contributed by atoms with Gasteiger partial charge in [-0.2, -0.15) is 5.10 Å². The Kier molecular flexibility index (Phi) is 5.26. The number of nitrogens with zero attached hydrogens (tertiary/aromatic N) is 3. The summed E-state index contributed by atoms with van der Waals surface area (Å²) >= 11 is 0. The summed E-state index contributed by atoms with van der Waals surface area (Å²) in [6.45, 7) is 2.96. The van der Waals surface area contributed by atoms with Crippen molar-refractivity contribution in [2.45, 2.75) is 13.5 Å². The number of aromatic nitrogens is 3. The summed E-state index contributed by atoms with van der Waals surface area (Å²) in [5.74, 6) is 1.09. The van der Waals surface area contributed by atoms with Crippen molar-refractivity contribution >= 4 is 17.5 Å². The molecule has 128 valence electrons. The van der Waals surface area contributed by atoms with Crippen LogP contribution >= 0.6 is 0 Å². The van der Waals surface area contributed by atoms with E-state index in [1.807, 2.05) is 37.3 Å². The van der Waals surface area contributed by atoms with E-state index in [0.29, 0.717) is 30.4 Å². The Labute approximate surface area is 145 Å². The molecule has 2 heterocycles. The van der Waals surface area contributed by atoms with E-state index in [9.17, 15) is 4.79 Å². The zero-order chi connectivity index (χ0) is 17.5. The summed E-state index contributed by atoms with van der Waals surface area (Å²) in [5, 5.41) is 9.79. The fraction of sp³-hybridized carbons (Fsp3) is 0.167. The van der Waals surface area contributed by atoms with E-state index in [0.717, 1.165) is 5.69 Å². The molecule has 3 rings (SSSR count). The molecular formula is C18H19N5O2. The van der Waals surface area contributed by atoms with Gasteiger partial charge in [-0.05, 0) is 31.2 Å². The average Bonchev–Trinajstić information content (AvgIpc) is 3.04. The van der Waals surface area contributed by atoms with E-state index in [4.69, 9.17) is 4.74 Å². The van der Waals surface area contributed by atoms with E-state index in [1.165, 1.54) is 0 Å². The summed E-state index contributed by atoms with van der Waals surface area (Å²) in [6.07, 6.45) is 3.53. The second kappa shape index (κ2) is 7.96. The zero-order valence-electron chi connectivity index (χ0n) is 13.8. The van der Waals surface area contributed by atoms with Crippen LogP contribution in [0.5, 0.6) is 5.75 Å². The third-order valence-corrected chi connectivity index (χ3v) is 3.37. The van der Waals surface area contributed by atoms with Crippen LogP contribution in [0.25, 0.3) is 0 Å². The molecule has 0 unspecified atom stereocenters. The van der Waals surface area contributed by atoms with Crippen LogP contribution in [0.1, 0.15) is 12.6 Å². The molecule has 7 nitrogen and oxygen atoms in total. The van der Waals surface area contributed by atoms with E-state index >= 15 is 0 Å². The number of urea groups is 1. The maximum atomic E-state index is 12.2. The van der Waals surface area contributed by atoms with Gasteiger partial charge in [0.25, 0.3) is 0 Å². The molecule has 0 spiro atoms. The topological polar surface area (TPSA) is 81.1 Å². The first-order valence-electron chi connectivity index (χ1n) is 7.98. The molecule has 0 aliphatic rings. The summed E-state index contributed by atoms with van der Waals surface area (Å²) < 4.78 is 7.20. The summed E-state index contributed by atoms with van der Waals surface area (Å²) in [4.78, 5) is 16.4. The molecule has 25 heavy (non-hydrogen) atoms. The zero-order valence-corrected chi connectivity index (χ0v) is 13.8. The fourth-order valence-electron chi connectivity index (χ4n) is 2.30. The molecule has 0 saturated carbocycles. The lowest BCUT2D eigenvalue weighted by Gasteiger charge is -2.11. The van der Waals surface area contributed by atoms with Gasteiger partial charge >= 0.3 is 6.03 Å². The molecular weight excluding hydrogens is 318 g/mol. The minimum Gasteiger partial charge on any atom is -0.492 e. The van der Waals surface area contributed by atoms with Crippen LogP contribution in [0, 0.1) is 0 Å². The third-order valence-electron chi connectivity index (χ3n) is 3.37. The second-order valence-electron chi connectivity index (χ2n) is 5.23. The summed E-state index contributed by atoms with van der Waals surface area (Å²) in [7, 11) is 0. The average molecular weight is 337 g/mol. The molecule has 0 bridgehead atoms. The lowest BCUT2D eigenvalue weighted by atomic mass is 10.3. The monoisotopic (exact) mass is 337 g/mol. The lowest BCUT2D eigenvalue weighted by Crippen LogP contribution is -2.20. The van der Waals surface area contributed by atoms with Crippen molar-refractivity contribution in [1.29, 1.82) is 0 Å². The molecule has 0 atom stereocenters. The highest BCUT2D eigenvalue weighted by Gasteiger charge is 2.09. The Bertz CT molecular complexity index is 832. The van der Waals surface area contributed by atoms with Gasteiger partial charge in [0.15, 0.2) is 5.82 Å². The molecule has 7 heteroatoms. The Morgan fingerprint density at radius 3 is 2.76 bits per heavy atom. The van der Waals surface area contributed by atoms with Gasteiger partial charge in [0.1, 0.15) is 5.75 Å². The Morgan fingerprint density at radius 2 is 1.96 bits per heavy atom. The quantitative estimate of drug-likeness (QED) is 0.722. The van der Waals surface area contributed by atoms with Gasteiger partial charge in [-0.25, -0.2) is 4.79 Å². The standard InChI is InChI=1S/C18H19N5O2/c1-2-25-16-9-4-3-8-15(16)20-18(24)21-17-10-12-23(22-17)13-14-7-5-6-11-19-14/h3-12H,2,13H2,1H3,(H2,20,21,22,24). The molecule has 2 aromatic heterocycles. The van der Waals surface area contributed by atoms with Crippen LogP contribution in [-0.2, 0) is 6.54 Å². The maximum absolute atomic E-state index is 12.2. The van der Waals surface area contributed by atoms with Gasteiger partial charge in [-0.3, -0.25) is 15.0 Å². The highest BCUT2D eigenvalue weighted by Crippen LogP contribution is 2.23. The first-order valence-corrected chi connectivity index (χ1v) is 7.98. The van der Waals surface area contributed by atoms with E-state index in [-0.39, 0.29) is 6.03 Å². The van der Waals surface area contributed by atoms with Gasteiger partial charge < -0.3 is 10.1 Å². The Morgan fingerprint density at radius 1 is 1.12 bits per heavy atom. The number of carbonyl (C=O) groups is 1. The van der Waals surface area contributed by atoms with Crippen molar-refractivity contribution in [1.82, 2.24) is 14.8 Å². The minimum atomic E-state index is -0.379. The molecule has 0 aliphatic carbocycles. The number of anilines is 2. The number of carbonyl (C=O) groups excluding carboxylic acids is 1. The van der Waals surface area contributed by atoms with Crippen molar-refractivity contribution in [3.63, 3.8) is 0 Å². The van der Waals surface area contributed by atoms with Gasteiger partial charge in [0.05, 0.1) is 24.5 Å². The first kappa shape index (κ1) is 16.5. The van der Waals surface area contributed by atoms with Crippen molar-refractivity contribution in [2.75, 3.05) is 17.2 Å². The third kappa shape index (κ3) is 4.57. The molecule has 0 saturated heterocycles. The number of hydrogen-bond donors (Lipinski definition) is 2. The van der Waals surface area contributed by atoms with Gasteiger partial charge in [0, 0.05) is 18.5 Å². The second-order valence-corrected chi connectivity index (χ2v) is 5.23. The smallest absolute Gasteiger partial charge is 0.325 e. The molecule has 0 radical (unpaired) electrons. The van der Waals surface area contributed by atoms with E-state index in [1.54, 1.807) is 35.3 Å². The van der Waals surface area contributed by atoms with Gasteiger partial charge in [-0.1, -0.05) is 18.2 Å². The Balaban J connectivity index is 1.60. The highest BCUT2D eigenvalue weighted by molar-refractivity contribution is 6.00. The predicted molar refractivity (Wildman–Crippen MR) is 95.8 cm³/mol. The largest absolute Gasteiger partial charge is 0.492 e. The minimum absolute atomic E-state index is 0.379. The number of ether oxygens (including phenoxy) is 1. The van der Waals surface area contributed by atoms with Crippen LogP contribution in [0.4, 0.5) is 16.3 Å². The molecule has 1 aromatic carbocycles. The van der Waals surface area contributed by atoms with Gasteiger partial charge in [-0.15, -0.1) is 0 Å². The SMILES string of the molecule is CCOc1ccccc1NC(=O)Nc1ccn(Cc2ccccn2)n1. The van der Waals surface area contributed by atoms with Crippen molar-refractivity contribution < 1.29 is 9.53 Å². The summed E-state index contributed by atoms with van der Waals surface area (Å²) in [5.41, 5.74) is 1.50. The van der Waals surface area contributed by atoms with Crippen LogP contribution in [-0.4, -0.2) is 27.4 Å². The number of benzene rings is 1. The predicted octanol–water partition coefficient (Wildman–Crippen LogP) is 3.37. The number of rotatable bonds is 6. The highest BCUT2D eigenvalue weighted by atomic mass is 16.5. The van der Waals surface area contributed by atoms with Gasteiger partial charge in [0.2, 0.25) is 0 Å². The van der Waals surface area contributed by atoms with E-state index in [2.05, 4.69) is 20.7 Å². The molecule has 3 aromatic rings. The Hall–Kier alpha value is -3.35. The fourth-order valence-corrected chi connectivity index (χ4v) is 2.30. The number of nitrogens with one attached hydrogen (secondary N) is 2. The maximum Gasteiger partial charge on any atom is 0.325 e. The van der Waals surface area contributed by atoms with Crippen molar-refractivity contribution in [3.8, 4) is 5.75 Å². The lowest BCUT2D eigenvalue weighted by molar-refractivity contribution is 0.262. The van der Waals surface area contributed by atoms with Crippen molar-refractivity contribution in [2.24, 2.45) is 0 Å². The normalized spacial score (nSPS) is 10.3. The number of para-hydroxylation sites is 2. The van der Waals surface area contributed by atoms with Crippen molar-refractivity contribution in [3.05, 3.63) is 66.6 Å².